The van der Waals surface area contributed by atoms with Crippen molar-refractivity contribution >= 4 is 10.9 Å². The monoisotopic (exact) mass is 294 g/mol. The molecular formula is C19H19FN2. The van der Waals surface area contributed by atoms with Gasteiger partial charge in [-0.2, -0.15) is 0 Å². The lowest BCUT2D eigenvalue weighted by Gasteiger charge is -2.04. The second kappa shape index (κ2) is 5.58. The van der Waals surface area contributed by atoms with Crippen LogP contribution in [0.25, 0.3) is 10.9 Å². The Morgan fingerprint density at radius 1 is 1.14 bits per heavy atom. The highest BCUT2D eigenvalue weighted by molar-refractivity contribution is 5.84. The minimum absolute atomic E-state index is 0.159. The van der Waals surface area contributed by atoms with Crippen molar-refractivity contribution in [3.63, 3.8) is 0 Å². The van der Waals surface area contributed by atoms with Crippen LogP contribution in [-0.4, -0.2) is 11.5 Å². The molecule has 0 saturated heterocycles. The fraction of sp³-hybridized carbons (Fsp3) is 0.263. The molecule has 1 aliphatic carbocycles. The van der Waals surface area contributed by atoms with Crippen LogP contribution in [0.3, 0.4) is 0 Å². The van der Waals surface area contributed by atoms with Gasteiger partial charge in [-0.3, -0.25) is 0 Å². The summed E-state index contributed by atoms with van der Waals surface area (Å²) in [6.07, 6.45) is 3.23. The van der Waals surface area contributed by atoms with Gasteiger partial charge in [-0.1, -0.05) is 30.3 Å². The quantitative estimate of drug-likeness (QED) is 0.725. The van der Waals surface area contributed by atoms with Crippen molar-refractivity contribution < 1.29 is 4.39 Å². The smallest absolute Gasteiger partial charge is 0.123 e. The number of benzene rings is 2. The third kappa shape index (κ3) is 2.64. The van der Waals surface area contributed by atoms with Crippen molar-refractivity contribution in [1.29, 1.82) is 0 Å². The number of nitrogens with one attached hydrogen (secondary N) is 2. The molecule has 0 aliphatic heterocycles. The Labute approximate surface area is 129 Å². The fourth-order valence-electron chi connectivity index (χ4n) is 3.27. The SMILES string of the molecule is Fc1ccc2[nH]cc([C@@H]3C[C@H]3CNCc3ccccc3)c2c1. The summed E-state index contributed by atoms with van der Waals surface area (Å²) in [4.78, 5) is 3.25. The van der Waals surface area contributed by atoms with Crippen molar-refractivity contribution in [1.82, 2.24) is 10.3 Å². The highest BCUT2D eigenvalue weighted by Gasteiger charge is 2.39. The molecule has 2 N–H and O–H groups in total. The van der Waals surface area contributed by atoms with Gasteiger partial charge in [-0.25, -0.2) is 4.39 Å². The number of halogens is 1. The average Bonchev–Trinajstić information content (AvgIpc) is 3.18. The van der Waals surface area contributed by atoms with Crippen LogP contribution >= 0.6 is 0 Å². The lowest BCUT2D eigenvalue weighted by Crippen LogP contribution is -2.16. The molecule has 1 saturated carbocycles. The lowest BCUT2D eigenvalue weighted by atomic mass is 10.1. The zero-order chi connectivity index (χ0) is 14.9. The van der Waals surface area contributed by atoms with E-state index in [2.05, 4.69) is 34.6 Å². The number of hydrogen-bond donors (Lipinski definition) is 2. The van der Waals surface area contributed by atoms with E-state index in [1.54, 1.807) is 6.07 Å². The molecule has 0 amide bonds. The Morgan fingerprint density at radius 2 is 2.00 bits per heavy atom. The average molecular weight is 294 g/mol. The molecule has 112 valence electrons. The van der Waals surface area contributed by atoms with E-state index in [0.29, 0.717) is 11.8 Å². The standard InChI is InChI=1S/C19H19FN2/c20-15-6-7-19-17(9-15)18(12-22-19)16-8-14(16)11-21-10-13-4-2-1-3-5-13/h1-7,9,12,14,16,21-22H,8,10-11H2/t14-,16+/m0/s1. The van der Waals surface area contributed by atoms with E-state index in [1.807, 2.05) is 18.3 Å². The summed E-state index contributed by atoms with van der Waals surface area (Å²) >= 11 is 0. The fourth-order valence-corrected chi connectivity index (χ4v) is 3.27. The molecule has 2 atom stereocenters. The first-order valence-corrected chi connectivity index (χ1v) is 7.82. The summed E-state index contributed by atoms with van der Waals surface area (Å²) in [5.41, 5.74) is 3.61. The van der Waals surface area contributed by atoms with Crippen LogP contribution in [0.1, 0.15) is 23.5 Å². The molecule has 2 aromatic carbocycles. The molecule has 2 nitrogen and oxygen atoms in total. The molecule has 1 heterocycles. The molecular weight excluding hydrogens is 275 g/mol. The van der Waals surface area contributed by atoms with Crippen molar-refractivity contribution in [3.8, 4) is 0 Å². The molecule has 3 heteroatoms. The van der Waals surface area contributed by atoms with Crippen LogP contribution in [0.4, 0.5) is 4.39 Å². The van der Waals surface area contributed by atoms with E-state index < -0.39 is 0 Å². The number of H-pyrrole nitrogens is 1. The van der Waals surface area contributed by atoms with E-state index in [1.165, 1.54) is 23.6 Å². The molecule has 0 spiro atoms. The Balaban J connectivity index is 1.38. The van der Waals surface area contributed by atoms with Gasteiger partial charge in [0.25, 0.3) is 0 Å². The second-order valence-electron chi connectivity index (χ2n) is 6.15. The summed E-state index contributed by atoms with van der Waals surface area (Å²) < 4.78 is 13.4. The number of aromatic nitrogens is 1. The van der Waals surface area contributed by atoms with Crippen LogP contribution in [0, 0.1) is 11.7 Å². The van der Waals surface area contributed by atoms with Gasteiger partial charge in [0.1, 0.15) is 5.82 Å². The van der Waals surface area contributed by atoms with E-state index in [4.69, 9.17) is 0 Å². The predicted molar refractivity (Wildman–Crippen MR) is 87.3 cm³/mol. The highest BCUT2D eigenvalue weighted by atomic mass is 19.1. The summed E-state index contributed by atoms with van der Waals surface area (Å²) in [6, 6.07) is 15.4. The van der Waals surface area contributed by atoms with Crippen LogP contribution in [-0.2, 0) is 6.54 Å². The van der Waals surface area contributed by atoms with E-state index in [9.17, 15) is 4.39 Å². The topological polar surface area (TPSA) is 27.8 Å². The number of aromatic amines is 1. The normalized spacial score (nSPS) is 20.4. The van der Waals surface area contributed by atoms with E-state index >= 15 is 0 Å². The summed E-state index contributed by atoms with van der Waals surface area (Å²) in [6.45, 7) is 1.92. The van der Waals surface area contributed by atoms with Crippen molar-refractivity contribution in [2.45, 2.75) is 18.9 Å². The van der Waals surface area contributed by atoms with Gasteiger partial charge < -0.3 is 10.3 Å². The first-order valence-electron chi connectivity index (χ1n) is 7.82. The van der Waals surface area contributed by atoms with Crippen molar-refractivity contribution in [2.24, 2.45) is 5.92 Å². The zero-order valence-electron chi connectivity index (χ0n) is 12.4. The molecule has 0 bridgehead atoms. The number of rotatable bonds is 5. The highest BCUT2D eigenvalue weighted by Crippen LogP contribution is 2.49. The Morgan fingerprint density at radius 3 is 2.86 bits per heavy atom. The minimum atomic E-state index is -0.159. The van der Waals surface area contributed by atoms with Gasteiger partial charge in [0.15, 0.2) is 0 Å². The maximum atomic E-state index is 13.4. The predicted octanol–water partition coefficient (Wildman–Crippen LogP) is 4.20. The molecule has 1 aliphatic rings. The van der Waals surface area contributed by atoms with Gasteiger partial charge in [0, 0.05) is 23.6 Å². The van der Waals surface area contributed by atoms with Crippen LogP contribution in [0.15, 0.2) is 54.7 Å². The molecule has 0 radical (unpaired) electrons. The number of hydrogen-bond acceptors (Lipinski definition) is 1. The van der Waals surface area contributed by atoms with Gasteiger partial charge in [-0.05, 0) is 54.1 Å². The maximum absolute atomic E-state index is 13.4. The first-order chi connectivity index (χ1) is 10.8. The largest absolute Gasteiger partial charge is 0.361 e. The van der Waals surface area contributed by atoms with Gasteiger partial charge in [0.2, 0.25) is 0 Å². The summed E-state index contributed by atoms with van der Waals surface area (Å²) in [5, 5.41) is 4.57. The molecule has 22 heavy (non-hydrogen) atoms. The van der Waals surface area contributed by atoms with Gasteiger partial charge in [-0.15, -0.1) is 0 Å². The van der Waals surface area contributed by atoms with Crippen LogP contribution in [0.2, 0.25) is 0 Å². The molecule has 4 rings (SSSR count). The third-order valence-electron chi connectivity index (χ3n) is 4.58. The Bertz CT molecular complexity index is 778. The summed E-state index contributed by atoms with van der Waals surface area (Å²) in [7, 11) is 0. The Hall–Kier alpha value is -2.13. The molecule has 0 unspecified atom stereocenters. The van der Waals surface area contributed by atoms with Crippen LogP contribution in [0.5, 0.6) is 0 Å². The lowest BCUT2D eigenvalue weighted by molar-refractivity contribution is 0.626. The van der Waals surface area contributed by atoms with Crippen molar-refractivity contribution in [3.05, 3.63) is 71.7 Å². The van der Waals surface area contributed by atoms with Crippen LogP contribution < -0.4 is 5.32 Å². The van der Waals surface area contributed by atoms with Gasteiger partial charge in [0.05, 0.1) is 0 Å². The Kier molecular flexibility index (Phi) is 3.43. The molecule has 1 aromatic heterocycles. The third-order valence-corrected chi connectivity index (χ3v) is 4.58. The molecule has 3 aromatic rings. The maximum Gasteiger partial charge on any atom is 0.123 e. The van der Waals surface area contributed by atoms with E-state index in [-0.39, 0.29) is 5.82 Å². The van der Waals surface area contributed by atoms with E-state index in [0.717, 1.165) is 24.0 Å². The zero-order valence-corrected chi connectivity index (χ0v) is 12.4. The van der Waals surface area contributed by atoms with Gasteiger partial charge >= 0.3 is 0 Å². The minimum Gasteiger partial charge on any atom is -0.361 e. The first kappa shape index (κ1) is 13.5. The van der Waals surface area contributed by atoms with Crippen molar-refractivity contribution in [2.75, 3.05) is 6.54 Å². The molecule has 1 fully saturated rings. The summed E-state index contributed by atoms with van der Waals surface area (Å²) in [5.74, 6) is 1.05. The number of fused-ring (bicyclic) bond motifs is 1. The second-order valence-corrected chi connectivity index (χ2v) is 6.15.